The van der Waals surface area contributed by atoms with Crippen LogP contribution in [0.25, 0.3) is 6.08 Å². The number of nitrogens with zero attached hydrogens (tertiary/aromatic N) is 3. The third-order valence-corrected chi connectivity index (χ3v) is 3.86. The first kappa shape index (κ1) is 16.3. The van der Waals surface area contributed by atoms with E-state index < -0.39 is 0 Å². The Hall–Kier alpha value is -2.08. The number of carbonyl (C=O) groups is 1. The summed E-state index contributed by atoms with van der Waals surface area (Å²) < 4.78 is 1.58. The van der Waals surface area contributed by atoms with Crippen molar-refractivity contribution in [2.24, 2.45) is 0 Å². The molecule has 116 valence electrons. The minimum absolute atomic E-state index is 0.217. The molecule has 6 heteroatoms. The number of aromatic nitrogens is 3. The second-order valence-electron chi connectivity index (χ2n) is 5.20. The predicted octanol–water partition coefficient (Wildman–Crippen LogP) is 3.22. The molecule has 0 spiro atoms. The molecule has 1 aromatic carbocycles. The molecule has 0 aliphatic heterocycles. The van der Waals surface area contributed by atoms with E-state index in [0.29, 0.717) is 16.9 Å². The molecule has 0 unspecified atom stereocenters. The van der Waals surface area contributed by atoms with Crippen molar-refractivity contribution in [1.82, 2.24) is 14.9 Å². The van der Waals surface area contributed by atoms with E-state index in [1.54, 1.807) is 17.7 Å². The second kappa shape index (κ2) is 7.26. The highest BCUT2D eigenvalue weighted by molar-refractivity contribution is 7.98. The molecule has 0 aliphatic carbocycles. The lowest BCUT2D eigenvalue weighted by atomic mass is 10.0. The molecule has 0 bridgehead atoms. The van der Waals surface area contributed by atoms with Gasteiger partial charge in [-0.1, -0.05) is 49.9 Å². The number of rotatable bonds is 5. The Labute approximate surface area is 134 Å². The first-order valence-electron chi connectivity index (χ1n) is 7.06. The largest absolute Gasteiger partial charge is 0.268 e. The van der Waals surface area contributed by atoms with Crippen molar-refractivity contribution < 1.29 is 4.79 Å². The number of aryl methyl sites for hydroxylation is 1. The normalized spacial score (nSPS) is 11.3. The van der Waals surface area contributed by atoms with Crippen LogP contribution in [0.3, 0.4) is 0 Å². The fourth-order valence-electron chi connectivity index (χ4n) is 1.92. The Balaban J connectivity index is 2.03. The van der Waals surface area contributed by atoms with Crippen LogP contribution in [0, 0.1) is 6.92 Å². The van der Waals surface area contributed by atoms with Crippen molar-refractivity contribution in [2.75, 3.05) is 11.7 Å². The summed E-state index contributed by atoms with van der Waals surface area (Å²) in [5.74, 6) is 0.932. The summed E-state index contributed by atoms with van der Waals surface area (Å²) in [4.78, 5) is 12.0. The van der Waals surface area contributed by atoms with Gasteiger partial charge in [-0.15, -0.1) is 10.2 Å². The summed E-state index contributed by atoms with van der Waals surface area (Å²) in [6.45, 7) is 6.10. The van der Waals surface area contributed by atoms with E-state index in [1.807, 2.05) is 18.4 Å². The van der Waals surface area contributed by atoms with Gasteiger partial charge in [-0.2, -0.15) is 0 Å². The van der Waals surface area contributed by atoms with Gasteiger partial charge < -0.3 is 0 Å². The van der Waals surface area contributed by atoms with Gasteiger partial charge in [-0.05, 0) is 36.3 Å². The van der Waals surface area contributed by atoms with E-state index >= 15 is 0 Å². The van der Waals surface area contributed by atoms with Crippen LogP contribution in [0.15, 0.2) is 35.5 Å². The standard InChI is InChI=1S/C16H20N4OS/c1-11(2)14-8-5-13(6-9-14)7-10-15(21)19-20-12(3)17-18-16(20)22-4/h5-11H,1-4H3,(H,19,21). The van der Waals surface area contributed by atoms with Crippen LogP contribution in [-0.4, -0.2) is 27.0 Å². The number of hydrogen-bond acceptors (Lipinski definition) is 4. The number of nitrogens with one attached hydrogen (secondary N) is 1. The fraction of sp³-hybridized carbons (Fsp3) is 0.312. The Bertz CT molecular complexity index is 674. The molecule has 0 radical (unpaired) electrons. The highest BCUT2D eigenvalue weighted by Crippen LogP contribution is 2.15. The van der Waals surface area contributed by atoms with Gasteiger partial charge in [0.2, 0.25) is 5.16 Å². The van der Waals surface area contributed by atoms with Gasteiger partial charge in [-0.3, -0.25) is 10.2 Å². The quantitative estimate of drug-likeness (QED) is 0.679. The molecular weight excluding hydrogens is 296 g/mol. The van der Waals surface area contributed by atoms with Crippen LogP contribution in [0.2, 0.25) is 0 Å². The molecule has 1 N–H and O–H groups in total. The molecule has 0 atom stereocenters. The number of benzene rings is 1. The van der Waals surface area contributed by atoms with Crippen LogP contribution < -0.4 is 5.43 Å². The van der Waals surface area contributed by atoms with Crippen molar-refractivity contribution in [3.05, 3.63) is 47.3 Å². The van der Waals surface area contributed by atoms with Gasteiger partial charge >= 0.3 is 0 Å². The van der Waals surface area contributed by atoms with Crippen LogP contribution in [0.4, 0.5) is 0 Å². The average molecular weight is 316 g/mol. The Morgan fingerprint density at radius 3 is 2.55 bits per heavy atom. The zero-order valence-corrected chi connectivity index (χ0v) is 14.0. The molecule has 0 fully saturated rings. The van der Waals surface area contributed by atoms with E-state index in [0.717, 1.165) is 5.56 Å². The van der Waals surface area contributed by atoms with E-state index in [9.17, 15) is 4.79 Å². The zero-order valence-electron chi connectivity index (χ0n) is 13.2. The summed E-state index contributed by atoms with van der Waals surface area (Å²) in [6.07, 6.45) is 5.18. The van der Waals surface area contributed by atoms with Crippen molar-refractivity contribution in [3.8, 4) is 0 Å². The number of thioether (sulfide) groups is 1. The van der Waals surface area contributed by atoms with E-state index in [2.05, 4.69) is 41.6 Å². The van der Waals surface area contributed by atoms with E-state index in [-0.39, 0.29) is 5.91 Å². The van der Waals surface area contributed by atoms with Gasteiger partial charge in [0.15, 0.2) is 0 Å². The van der Waals surface area contributed by atoms with Gasteiger partial charge in [0.1, 0.15) is 5.82 Å². The molecule has 0 saturated carbocycles. The van der Waals surface area contributed by atoms with Crippen LogP contribution >= 0.6 is 11.8 Å². The molecule has 2 aromatic rings. The van der Waals surface area contributed by atoms with E-state index in [1.165, 1.54) is 23.4 Å². The Morgan fingerprint density at radius 2 is 1.95 bits per heavy atom. The highest BCUT2D eigenvalue weighted by atomic mass is 32.2. The number of carbonyl (C=O) groups excluding carboxylic acids is 1. The summed E-state index contributed by atoms with van der Waals surface area (Å²) in [5.41, 5.74) is 5.03. The first-order chi connectivity index (χ1) is 10.5. The molecule has 0 saturated heterocycles. The molecule has 5 nitrogen and oxygen atoms in total. The van der Waals surface area contributed by atoms with Crippen LogP contribution in [0.1, 0.15) is 36.7 Å². The molecular formula is C16H20N4OS. The smallest absolute Gasteiger partial charge is 0.262 e. The SMILES string of the molecule is CSc1nnc(C)n1NC(=O)C=Cc1ccc(C(C)C)cc1. The van der Waals surface area contributed by atoms with Gasteiger partial charge in [-0.25, -0.2) is 4.68 Å². The second-order valence-corrected chi connectivity index (χ2v) is 5.97. The van der Waals surface area contributed by atoms with Crippen molar-refractivity contribution >= 4 is 23.7 Å². The summed E-state index contributed by atoms with van der Waals surface area (Å²) in [6, 6.07) is 8.18. The lowest BCUT2D eigenvalue weighted by Gasteiger charge is -2.07. The predicted molar refractivity (Wildman–Crippen MR) is 90.5 cm³/mol. The summed E-state index contributed by atoms with van der Waals surface area (Å²) in [5, 5.41) is 8.56. The lowest BCUT2D eigenvalue weighted by molar-refractivity contribution is -0.112. The summed E-state index contributed by atoms with van der Waals surface area (Å²) in [7, 11) is 0. The molecule has 22 heavy (non-hydrogen) atoms. The van der Waals surface area contributed by atoms with Crippen molar-refractivity contribution in [2.45, 2.75) is 31.8 Å². The fourth-order valence-corrected chi connectivity index (χ4v) is 2.40. The topological polar surface area (TPSA) is 59.8 Å². The minimum Gasteiger partial charge on any atom is -0.268 e. The average Bonchev–Trinajstić information content (AvgIpc) is 2.86. The molecule has 1 heterocycles. The molecule has 1 aromatic heterocycles. The maximum absolute atomic E-state index is 12.0. The minimum atomic E-state index is -0.217. The van der Waals surface area contributed by atoms with Gasteiger partial charge in [0, 0.05) is 6.08 Å². The summed E-state index contributed by atoms with van der Waals surface area (Å²) >= 11 is 1.43. The Kier molecular flexibility index (Phi) is 5.38. The molecule has 0 aliphatic rings. The number of amides is 1. The Morgan fingerprint density at radius 1 is 1.27 bits per heavy atom. The van der Waals surface area contributed by atoms with Crippen molar-refractivity contribution in [1.29, 1.82) is 0 Å². The zero-order chi connectivity index (χ0) is 16.1. The molecule has 2 rings (SSSR count). The third kappa shape index (κ3) is 3.98. The van der Waals surface area contributed by atoms with Crippen LogP contribution in [-0.2, 0) is 4.79 Å². The maximum Gasteiger partial charge on any atom is 0.262 e. The molecule has 1 amide bonds. The lowest BCUT2D eigenvalue weighted by Crippen LogP contribution is -2.22. The maximum atomic E-state index is 12.0. The number of hydrogen-bond donors (Lipinski definition) is 1. The monoisotopic (exact) mass is 316 g/mol. The van der Waals surface area contributed by atoms with Gasteiger partial charge in [0.05, 0.1) is 0 Å². The van der Waals surface area contributed by atoms with Gasteiger partial charge in [0.25, 0.3) is 5.91 Å². The first-order valence-corrected chi connectivity index (χ1v) is 8.28. The third-order valence-electron chi connectivity index (χ3n) is 3.23. The van der Waals surface area contributed by atoms with Crippen molar-refractivity contribution in [3.63, 3.8) is 0 Å². The van der Waals surface area contributed by atoms with Crippen LogP contribution in [0.5, 0.6) is 0 Å². The van der Waals surface area contributed by atoms with E-state index in [4.69, 9.17) is 0 Å². The highest BCUT2D eigenvalue weighted by Gasteiger charge is 2.08.